The Morgan fingerprint density at radius 1 is 1.11 bits per heavy atom. The van der Waals surface area contributed by atoms with Gasteiger partial charge in [0.15, 0.2) is 0 Å². The summed E-state index contributed by atoms with van der Waals surface area (Å²) in [6.07, 6.45) is 8.37. The number of hydrogen-bond donors (Lipinski definition) is 2. The lowest BCUT2D eigenvalue weighted by Gasteiger charge is -2.45. The van der Waals surface area contributed by atoms with E-state index in [0.717, 1.165) is 45.1 Å². The second kappa shape index (κ2) is 7.02. The van der Waals surface area contributed by atoms with Gasteiger partial charge in [-0.05, 0) is 70.1 Å². The Hall–Kier alpha value is -2.31. The highest BCUT2D eigenvalue weighted by molar-refractivity contribution is 6.05. The molecule has 4 rings (SSSR count). The van der Waals surface area contributed by atoms with E-state index in [9.17, 15) is 0 Å². The standard InChI is InChI=1S/C20H29FN6/c1-14-7-3-6-12-26(14)17-9-8-15(13-16(17)21)27-19(23)24-18(22)25-20(27)10-4-2-5-11-20/h8-9,13-14H,2-7,10-12H2,1H3,(H4,22,23,24,25). The van der Waals surface area contributed by atoms with Crippen molar-refractivity contribution in [3.63, 3.8) is 0 Å². The Morgan fingerprint density at radius 3 is 2.59 bits per heavy atom. The zero-order valence-electron chi connectivity index (χ0n) is 16.0. The Labute approximate surface area is 160 Å². The summed E-state index contributed by atoms with van der Waals surface area (Å²) >= 11 is 0. The highest BCUT2D eigenvalue weighted by Gasteiger charge is 2.42. The van der Waals surface area contributed by atoms with Gasteiger partial charge in [-0.2, -0.15) is 4.99 Å². The van der Waals surface area contributed by atoms with Crippen LogP contribution in [0.4, 0.5) is 15.8 Å². The number of benzene rings is 1. The molecular formula is C20H29FN6. The molecule has 1 aromatic carbocycles. The molecule has 27 heavy (non-hydrogen) atoms. The summed E-state index contributed by atoms with van der Waals surface area (Å²) in [5.41, 5.74) is 13.0. The third kappa shape index (κ3) is 3.24. The van der Waals surface area contributed by atoms with Crippen molar-refractivity contribution in [2.75, 3.05) is 16.3 Å². The first kappa shape index (κ1) is 18.1. The molecule has 1 spiro atoms. The number of nitrogens with two attached hydrogens (primary N) is 2. The SMILES string of the molecule is CC1CCCCN1c1ccc(N2C(N)=NC(N)=NC23CCCCC3)cc1F. The van der Waals surface area contributed by atoms with E-state index in [1.807, 2.05) is 17.0 Å². The van der Waals surface area contributed by atoms with E-state index in [1.165, 1.54) is 12.8 Å². The van der Waals surface area contributed by atoms with Crippen molar-refractivity contribution in [2.24, 2.45) is 21.5 Å². The average molecular weight is 372 g/mol. The highest BCUT2D eigenvalue weighted by atomic mass is 19.1. The number of anilines is 2. The Kier molecular flexibility index (Phi) is 4.70. The molecule has 6 nitrogen and oxygen atoms in total. The predicted molar refractivity (Wildman–Crippen MR) is 109 cm³/mol. The van der Waals surface area contributed by atoms with Crippen LogP contribution in [0.25, 0.3) is 0 Å². The largest absolute Gasteiger partial charge is 0.369 e. The van der Waals surface area contributed by atoms with E-state index in [4.69, 9.17) is 11.5 Å². The normalized spacial score (nSPS) is 25.3. The maximum atomic E-state index is 15.1. The van der Waals surface area contributed by atoms with Crippen molar-refractivity contribution < 1.29 is 4.39 Å². The van der Waals surface area contributed by atoms with E-state index in [1.54, 1.807) is 6.07 Å². The van der Waals surface area contributed by atoms with Gasteiger partial charge >= 0.3 is 0 Å². The minimum Gasteiger partial charge on any atom is -0.369 e. The molecule has 2 aliphatic heterocycles. The molecule has 1 saturated carbocycles. The molecule has 1 unspecified atom stereocenters. The van der Waals surface area contributed by atoms with Gasteiger partial charge < -0.3 is 16.4 Å². The van der Waals surface area contributed by atoms with Gasteiger partial charge in [-0.3, -0.25) is 4.90 Å². The lowest BCUT2D eigenvalue weighted by atomic mass is 9.87. The molecule has 7 heteroatoms. The van der Waals surface area contributed by atoms with E-state index in [0.29, 0.717) is 23.4 Å². The number of piperidine rings is 1. The lowest BCUT2D eigenvalue weighted by Crippen LogP contribution is -2.58. The molecule has 0 amide bonds. The molecule has 4 N–H and O–H groups in total. The fourth-order valence-electron chi connectivity index (χ4n) is 4.82. The van der Waals surface area contributed by atoms with Crippen molar-refractivity contribution in [1.29, 1.82) is 0 Å². The zero-order chi connectivity index (χ0) is 19.0. The van der Waals surface area contributed by atoms with Crippen molar-refractivity contribution in [3.8, 4) is 0 Å². The van der Waals surface area contributed by atoms with E-state index in [2.05, 4.69) is 21.8 Å². The third-order valence-corrected chi connectivity index (χ3v) is 6.15. The van der Waals surface area contributed by atoms with Gasteiger partial charge in [0, 0.05) is 18.3 Å². The van der Waals surface area contributed by atoms with Crippen LogP contribution in [-0.2, 0) is 0 Å². The minimum absolute atomic E-state index is 0.213. The van der Waals surface area contributed by atoms with Gasteiger partial charge in [0.25, 0.3) is 0 Å². The van der Waals surface area contributed by atoms with Gasteiger partial charge in [-0.25, -0.2) is 9.38 Å². The van der Waals surface area contributed by atoms with E-state index in [-0.39, 0.29) is 11.8 Å². The quantitative estimate of drug-likeness (QED) is 0.834. The molecule has 1 atom stereocenters. The van der Waals surface area contributed by atoms with Crippen LogP contribution >= 0.6 is 0 Å². The second-order valence-corrected chi connectivity index (χ2v) is 7.99. The monoisotopic (exact) mass is 372 g/mol. The van der Waals surface area contributed by atoms with Crippen LogP contribution in [0.5, 0.6) is 0 Å². The number of nitrogens with zero attached hydrogens (tertiary/aromatic N) is 4. The number of guanidine groups is 2. The summed E-state index contributed by atoms with van der Waals surface area (Å²) in [4.78, 5) is 12.9. The van der Waals surface area contributed by atoms with Crippen molar-refractivity contribution >= 4 is 23.3 Å². The lowest BCUT2D eigenvalue weighted by molar-refractivity contribution is 0.305. The average Bonchev–Trinajstić information content (AvgIpc) is 2.63. The summed E-state index contributed by atoms with van der Waals surface area (Å²) in [7, 11) is 0. The summed E-state index contributed by atoms with van der Waals surface area (Å²) in [6, 6.07) is 5.75. The molecule has 2 heterocycles. The van der Waals surface area contributed by atoms with Gasteiger partial charge in [0.1, 0.15) is 11.5 Å². The summed E-state index contributed by atoms with van der Waals surface area (Å²) in [5, 5.41) is 0. The van der Waals surface area contributed by atoms with Crippen LogP contribution in [0.2, 0.25) is 0 Å². The minimum atomic E-state index is -0.541. The second-order valence-electron chi connectivity index (χ2n) is 7.99. The molecule has 146 valence electrons. The van der Waals surface area contributed by atoms with Gasteiger partial charge in [0.2, 0.25) is 11.9 Å². The van der Waals surface area contributed by atoms with Crippen LogP contribution in [0.15, 0.2) is 28.2 Å². The molecule has 1 aromatic rings. The number of hydrogen-bond acceptors (Lipinski definition) is 6. The molecule has 0 aromatic heterocycles. The first-order valence-corrected chi connectivity index (χ1v) is 10.1. The molecule has 1 aliphatic carbocycles. The summed E-state index contributed by atoms with van der Waals surface area (Å²) in [5.74, 6) is 0.287. The Balaban J connectivity index is 1.69. The van der Waals surface area contributed by atoms with Crippen molar-refractivity contribution in [2.45, 2.75) is 70.0 Å². The van der Waals surface area contributed by atoms with E-state index >= 15 is 4.39 Å². The van der Waals surface area contributed by atoms with Crippen LogP contribution in [-0.4, -0.2) is 30.2 Å². The zero-order valence-corrected chi connectivity index (χ0v) is 16.0. The maximum Gasteiger partial charge on any atom is 0.220 e. The third-order valence-electron chi connectivity index (χ3n) is 6.15. The Morgan fingerprint density at radius 2 is 1.89 bits per heavy atom. The number of rotatable bonds is 2. The molecule has 2 fully saturated rings. The van der Waals surface area contributed by atoms with Gasteiger partial charge in [0.05, 0.1) is 5.69 Å². The van der Waals surface area contributed by atoms with Crippen molar-refractivity contribution in [3.05, 3.63) is 24.0 Å². The number of halogens is 1. The smallest absolute Gasteiger partial charge is 0.220 e. The molecule has 0 radical (unpaired) electrons. The first-order valence-electron chi connectivity index (χ1n) is 10.1. The van der Waals surface area contributed by atoms with Gasteiger partial charge in [-0.1, -0.05) is 6.42 Å². The molecule has 0 bridgehead atoms. The molecular weight excluding hydrogens is 343 g/mol. The number of aliphatic imine (C=N–C) groups is 2. The molecule has 1 saturated heterocycles. The summed E-state index contributed by atoms with van der Waals surface area (Å²) in [6.45, 7) is 3.06. The van der Waals surface area contributed by atoms with Gasteiger partial charge in [-0.15, -0.1) is 0 Å². The van der Waals surface area contributed by atoms with E-state index < -0.39 is 5.66 Å². The highest BCUT2D eigenvalue weighted by Crippen LogP contribution is 2.40. The van der Waals surface area contributed by atoms with Crippen LogP contribution in [0.3, 0.4) is 0 Å². The van der Waals surface area contributed by atoms with Crippen molar-refractivity contribution in [1.82, 2.24) is 0 Å². The summed E-state index contributed by atoms with van der Waals surface area (Å²) < 4.78 is 15.1. The topological polar surface area (TPSA) is 83.2 Å². The maximum absolute atomic E-state index is 15.1. The molecule has 3 aliphatic rings. The fourth-order valence-corrected chi connectivity index (χ4v) is 4.82. The van der Waals surface area contributed by atoms with Crippen LogP contribution in [0.1, 0.15) is 58.3 Å². The van der Waals surface area contributed by atoms with Crippen LogP contribution in [0, 0.1) is 5.82 Å². The predicted octanol–water partition coefficient (Wildman–Crippen LogP) is 3.31. The Bertz CT molecular complexity index is 768. The van der Waals surface area contributed by atoms with Crippen LogP contribution < -0.4 is 21.3 Å². The first-order chi connectivity index (χ1) is 13.0. The fraction of sp³-hybridized carbons (Fsp3) is 0.600.